The number of nitrogens with zero attached hydrogens (tertiary/aromatic N) is 2. The molecular formula is C22H27N3O5. The summed E-state index contributed by atoms with van der Waals surface area (Å²) in [7, 11) is 1.61. The van der Waals surface area contributed by atoms with Crippen LogP contribution in [0.4, 0.5) is 0 Å². The predicted molar refractivity (Wildman–Crippen MR) is 109 cm³/mol. The quantitative estimate of drug-likeness (QED) is 0.805. The standard InChI is InChI=1S/C22H27N3O5/c1-28-19-5-2-4-17-14-25(8-3-10-30-21(17)19)20(26)12-18-22(27)23-7-9-24(18)13-16-6-11-29-15-16/h2,4-6,11,15,18H,3,7-10,12-14H2,1H3,(H,23,27). The van der Waals surface area contributed by atoms with Gasteiger partial charge in [0.1, 0.15) is 0 Å². The van der Waals surface area contributed by atoms with Crippen molar-refractivity contribution in [3.63, 3.8) is 0 Å². The molecule has 0 bridgehead atoms. The van der Waals surface area contributed by atoms with E-state index < -0.39 is 6.04 Å². The molecule has 0 radical (unpaired) electrons. The van der Waals surface area contributed by atoms with Crippen LogP contribution in [0.3, 0.4) is 0 Å². The Morgan fingerprint density at radius 2 is 2.20 bits per heavy atom. The second-order valence-corrected chi connectivity index (χ2v) is 7.58. The van der Waals surface area contributed by atoms with E-state index in [9.17, 15) is 9.59 Å². The number of amides is 2. The van der Waals surface area contributed by atoms with E-state index in [0.29, 0.717) is 50.8 Å². The Balaban J connectivity index is 1.49. The van der Waals surface area contributed by atoms with Crippen LogP contribution in [0, 0.1) is 0 Å². The van der Waals surface area contributed by atoms with E-state index >= 15 is 0 Å². The number of methoxy groups -OCH3 is 1. The summed E-state index contributed by atoms with van der Waals surface area (Å²) in [4.78, 5) is 29.7. The fourth-order valence-corrected chi connectivity index (χ4v) is 4.02. The summed E-state index contributed by atoms with van der Waals surface area (Å²) >= 11 is 0. The number of carbonyl (C=O) groups is 2. The Morgan fingerprint density at radius 1 is 1.30 bits per heavy atom. The summed E-state index contributed by atoms with van der Waals surface area (Å²) in [6.07, 6.45) is 4.16. The maximum Gasteiger partial charge on any atom is 0.237 e. The molecule has 1 unspecified atom stereocenters. The number of carbonyl (C=O) groups excluding carboxylic acids is 2. The highest BCUT2D eigenvalue weighted by Gasteiger charge is 2.33. The highest BCUT2D eigenvalue weighted by atomic mass is 16.5. The number of fused-ring (bicyclic) bond motifs is 1. The largest absolute Gasteiger partial charge is 0.493 e. The van der Waals surface area contributed by atoms with Gasteiger partial charge in [-0.05, 0) is 18.6 Å². The second kappa shape index (κ2) is 9.21. The van der Waals surface area contributed by atoms with E-state index in [2.05, 4.69) is 5.32 Å². The van der Waals surface area contributed by atoms with E-state index in [0.717, 1.165) is 17.5 Å². The zero-order valence-corrected chi connectivity index (χ0v) is 17.1. The highest BCUT2D eigenvalue weighted by molar-refractivity contribution is 5.89. The van der Waals surface area contributed by atoms with E-state index in [4.69, 9.17) is 13.9 Å². The number of benzene rings is 1. The minimum absolute atomic E-state index is 0.0371. The van der Waals surface area contributed by atoms with Gasteiger partial charge in [0.05, 0.1) is 38.7 Å². The Hall–Kier alpha value is -3.00. The Bertz CT molecular complexity index is 883. The zero-order chi connectivity index (χ0) is 20.9. The summed E-state index contributed by atoms with van der Waals surface area (Å²) in [6.45, 7) is 3.38. The van der Waals surface area contributed by atoms with E-state index in [-0.39, 0.29) is 18.2 Å². The summed E-state index contributed by atoms with van der Waals surface area (Å²) in [5, 5.41) is 2.89. The molecule has 0 saturated carbocycles. The second-order valence-electron chi connectivity index (χ2n) is 7.58. The average Bonchev–Trinajstić information content (AvgIpc) is 3.23. The van der Waals surface area contributed by atoms with Gasteiger partial charge in [0, 0.05) is 43.9 Å². The van der Waals surface area contributed by atoms with Crippen LogP contribution in [-0.2, 0) is 22.7 Å². The van der Waals surface area contributed by atoms with Crippen molar-refractivity contribution in [3.8, 4) is 11.5 Å². The Morgan fingerprint density at radius 3 is 3.00 bits per heavy atom. The van der Waals surface area contributed by atoms with Gasteiger partial charge in [-0.2, -0.15) is 0 Å². The van der Waals surface area contributed by atoms with Crippen molar-refractivity contribution in [2.45, 2.75) is 32.0 Å². The van der Waals surface area contributed by atoms with Crippen molar-refractivity contribution < 1.29 is 23.5 Å². The molecule has 160 valence electrons. The van der Waals surface area contributed by atoms with Crippen LogP contribution in [0.1, 0.15) is 24.0 Å². The predicted octanol–water partition coefficient (Wildman–Crippen LogP) is 1.79. The lowest BCUT2D eigenvalue weighted by atomic mass is 10.1. The third-order valence-electron chi connectivity index (χ3n) is 5.59. The third-order valence-corrected chi connectivity index (χ3v) is 5.59. The molecule has 1 aromatic heterocycles. The van der Waals surface area contributed by atoms with Gasteiger partial charge in [0.2, 0.25) is 11.8 Å². The van der Waals surface area contributed by atoms with Crippen molar-refractivity contribution in [2.24, 2.45) is 0 Å². The molecular weight excluding hydrogens is 386 g/mol. The van der Waals surface area contributed by atoms with Crippen molar-refractivity contribution in [1.82, 2.24) is 15.1 Å². The van der Waals surface area contributed by atoms with Gasteiger partial charge >= 0.3 is 0 Å². The molecule has 1 saturated heterocycles. The number of rotatable bonds is 5. The van der Waals surface area contributed by atoms with E-state index in [1.165, 1.54) is 0 Å². The molecule has 2 aliphatic heterocycles. The summed E-state index contributed by atoms with van der Waals surface area (Å²) in [6, 6.07) is 7.09. The summed E-state index contributed by atoms with van der Waals surface area (Å²) in [5.74, 6) is 1.22. The van der Waals surface area contributed by atoms with E-state index in [1.807, 2.05) is 34.1 Å². The molecule has 1 fully saturated rings. The number of nitrogens with one attached hydrogen (secondary N) is 1. The molecule has 0 spiro atoms. The lowest BCUT2D eigenvalue weighted by Gasteiger charge is -2.36. The van der Waals surface area contributed by atoms with Gasteiger partial charge in [0.25, 0.3) is 0 Å². The average molecular weight is 413 g/mol. The lowest BCUT2D eigenvalue weighted by Crippen LogP contribution is -2.56. The number of furan rings is 1. The number of piperazine rings is 1. The summed E-state index contributed by atoms with van der Waals surface area (Å²) < 4.78 is 16.4. The number of hydrogen-bond donors (Lipinski definition) is 1. The number of ether oxygens (including phenoxy) is 2. The van der Waals surface area contributed by atoms with Crippen molar-refractivity contribution in [3.05, 3.63) is 47.9 Å². The van der Waals surface area contributed by atoms with Crippen LogP contribution in [0.5, 0.6) is 11.5 Å². The molecule has 1 N–H and O–H groups in total. The molecule has 30 heavy (non-hydrogen) atoms. The van der Waals surface area contributed by atoms with Crippen LogP contribution < -0.4 is 14.8 Å². The normalized spacial score (nSPS) is 19.8. The SMILES string of the molecule is COc1cccc2c1OCCCN(C(=O)CC1C(=O)NCCN1Cc1ccoc1)C2. The zero-order valence-electron chi connectivity index (χ0n) is 17.1. The third kappa shape index (κ3) is 4.43. The maximum absolute atomic E-state index is 13.2. The van der Waals surface area contributed by atoms with Crippen LogP contribution in [-0.4, -0.2) is 61.0 Å². The molecule has 2 aromatic rings. The highest BCUT2D eigenvalue weighted by Crippen LogP contribution is 2.33. The van der Waals surface area contributed by atoms with Crippen molar-refractivity contribution in [2.75, 3.05) is 33.4 Å². The first-order valence-corrected chi connectivity index (χ1v) is 10.2. The first-order valence-electron chi connectivity index (χ1n) is 10.2. The van der Waals surface area contributed by atoms with Gasteiger partial charge in [-0.25, -0.2) is 0 Å². The van der Waals surface area contributed by atoms with Crippen molar-refractivity contribution >= 4 is 11.8 Å². The van der Waals surface area contributed by atoms with Crippen LogP contribution in [0.25, 0.3) is 0 Å². The molecule has 8 nitrogen and oxygen atoms in total. The molecule has 4 rings (SSSR count). The molecule has 2 amide bonds. The fraction of sp³-hybridized carbons (Fsp3) is 0.455. The summed E-state index contributed by atoms with van der Waals surface area (Å²) in [5.41, 5.74) is 1.90. The van der Waals surface area contributed by atoms with Gasteiger partial charge < -0.3 is 24.1 Å². The van der Waals surface area contributed by atoms with Gasteiger partial charge in [0.15, 0.2) is 11.5 Å². The smallest absolute Gasteiger partial charge is 0.237 e. The maximum atomic E-state index is 13.2. The van der Waals surface area contributed by atoms with Crippen LogP contribution in [0.2, 0.25) is 0 Å². The first-order chi connectivity index (χ1) is 14.7. The van der Waals surface area contributed by atoms with Gasteiger partial charge in [-0.3, -0.25) is 14.5 Å². The molecule has 1 aromatic carbocycles. The number of hydrogen-bond acceptors (Lipinski definition) is 6. The molecule has 1 atom stereocenters. The Kier molecular flexibility index (Phi) is 6.23. The monoisotopic (exact) mass is 413 g/mol. The topological polar surface area (TPSA) is 84.2 Å². The van der Waals surface area contributed by atoms with Crippen molar-refractivity contribution in [1.29, 1.82) is 0 Å². The lowest BCUT2D eigenvalue weighted by molar-refractivity contribution is -0.139. The Labute approximate surface area is 175 Å². The minimum Gasteiger partial charge on any atom is -0.493 e. The fourth-order valence-electron chi connectivity index (χ4n) is 4.02. The molecule has 8 heteroatoms. The van der Waals surface area contributed by atoms with Crippen LogP contribution in [0.15, 0.2) is 41.2 Å². The van der Waals surface area contributed by atoms with Gasteiger partial charge in [-0.1, -0.05) is 12.1 Å². The van der Waals surface area contributed by atoms with Crippen LogP contribution >= 0.6 is 0 Å². The van der Waals surface area contributed by atoms with E-state index in [1.54, 1.807) is 19.6 Å². The minimum atomic E-state index is -0.493. The molecule has 3 heterocycles. The number of para-hydroxylation sites is 1. The first kappa shape index (κ1) is 20.3. The van der Waals surface area contributed by atoms with Gasteiger partial charge in [-0.15, -0.1) is 0 Å². The molecule has 0 aliphatic carbocycles. The molecule has 2 aliphatic rings.